The highest BCUT2D eigenvalue weighted by Gasteiger charge is 2.38. The quantitative estimate of drug-likeness (QED) is 0.494. The molecule has 0 aromatic rings. The van der Waals surface area contributed by atoms with Gasteiger partial charge in [0, 0.05) is 11.8 Å². The van der Waals surface area contributed by atoms with Gasteiger partial charge in [0.1, 0.15) is 0 Å². The lowest BCUT2D eigenvalue weighted by Crippen LogP contribution is -2.32. The first kappa shape index (κ1) is 9.38. The molecule has 0 bridgehead atoms. The molecule has 0 aromatic heterocycles. The lowest BCUT2D eigenvalue weighted by molar-refractivity contribution is -0.136. The highest BCUT2D eigenvalue weighted by Crippen LogP contribution is 2.35. The molecule has 2 atom stereocenters. The first-order valence-corrected chi connectivity index (χ1v) is 3.89. The van der Waals surface area contributed by atoms with Crippen molar-refractivity contribution in [3.05, 3.63) is 0 Å². The largest absolute Gasteiger partial charge is 0.289 e. The van der Waals surface area contributed by atoms with Crippen molar-refractivity contribution in [1.29, 1.82) is 0 Å². The Morgan fingerprint density at radius 1 is 1.50 bits per heavy atom. The highest BCUT2D eigenvalue weighted by molar-refractivity contribution is 5.78. The number of hydrogen-bond donors (Lipinski definition) is 2. The van der Waals surface area contributed by atoms with Crippen molar-refractivity contribution < 1.29 is 18.8 Å². The zero-order valence-electron chi connectivity index (χ0n) is 6.46. The number of hydrogen-bond acceptors (Lipinski definition) is 2. The predicted molar refractivity (Wildman–Crippen MR) is 36.8 cm³/mol. The number of carbonyl (C=O) groups excluding carboxylic acids is 1. The summed E-state index contributed by atoms with van der Waals surface area (Å²) in [5.74, 6) is -2.27. The number of hydroxylamine groups is 1. The van der Waals surface area contributed by atoms with Crippen molar-refractivity contribution in [2.24, 2.45) is 11.8 Å². The summed E-state index contributed by atoms with van der Waals surface area (Å²) in [4.78, 5) is 10.8. The highest BCUT2D eigenvalue weighted by atomic mass is 19.3. The molecule has 0 aromatic carbocycles. The number of halogens is 2. The molecule has 1 fully saturated rings. The van der Waals surface area contributed by atoms with Crippen LogP contribution in [-0.2, 0) is 4.79 Å². The summed E-state index contributed by atoms with van der Waals surface area (Å²) in [5.41, 5.74) is 1.42. The van der Waals surface area contributed by atoms with Gasteiger partial charge in [-0.1, -0.05) is 6.42 Å². The van der Waals surface area contributed by atoms with Crippen LogP contribution in [0.15, 0.2) is 0 Å². The van der Waals surface area contributed by atoms with Crippen LogP contribution < -0.4 is 5.48 Å². The van der Waals surface area contributed by atoms with E-state index >= 15 is 0 Å². The lowest BCUT2D eigenvalue weighted by Gasteiger charge is -2.15. The van der Waals surface area contributed by atoms with Crippen LogP contribution >= 0.6 is 0 Å². The van der Waals surface area contributed by atoms with Gasteiger partial charge in [-0.15, -0.1) is 0 Å². The van der Waals surface area contributed by atoms with Crippen LogP contribution in [0, 0.1) is 11.8 Å². The molecule has 1 aliphatic rings. The summed E-state index contributed by atoms with van der Waals surface area (Å²) in [5, 5.41) is 8.25. The number of amides is 1. The number of nitrogens with one attached hydrogen (secondary N) is 1. The first-order valence-electron chi connectivity index (χ1n) is 3.89. The minimum Gasteiger partial charge on any atom is -0.289 e. The molecule has 0 aliphatic heterocycles. The van der Waals surface area contributed by atoms with E-state index in [1.165, 1.54) is 5.48 Å². The lowest BCUT2D eigenvalue weighted by atomic mass is 9.96. The minimum absolute atomic E-state index is 0.371. The summed E-state index contributed by atoms with van der Waals surface area (Å²) in [6, 6.07) is 0. The van der Waals surface area contributed by atoms with Crippen LogP contribution in [0.5, 0.6) is 0 Å². The number of carbonyl (C=O) groups is 1. The average molecular weight is 179 g/mol. The third-order valence-corrected chi connectivity index (χ3v) is 2.34. The van der Waals surface area contributed by atoms with Gasteiger partial charge < -0.3 is 0 Å². The summed E-state index contributed by atoms with van der Waals surface area (Å²) in [6.45, 7) is 0. The number of alkyl halides is 2. The molecular formula is C7H11F2NO2. The molecule has 0 radical (unpaired) electrons. The van der Waals surface area contributed by atoms with E-state index in [2.05, 4.69) is 0 Å². The van der Waals surface area contributed by atoms with E-state index in [0.717, 1.165) is 0 Å². The SMILES string of the molecule is O=C(NO)C1CCCC1C(F)F. The fourth-order valence-corrected chi connectivity index (χ4v) is 1.70. The van der Waals surface area contributed by atoms with E-state index in [9.17, 15) is 13.6 Å². The van der Waals surface area contributed by atoms with Gasteiger partial charge in [-0.3, -0.25) is 10.0 Å². The summed E-state index contributed by atoms with van der Waals surface area (Å²) < 4.78 is 24.5. The van der Waals surface area contributed by atoms with E-state index in [-0.39, 0.29) is 0 Å². The Balaban J connectivity index is 2.57. The van der Waals surface area contributed by atoms with E-state index in [4.69, 9.17) is 5.21 Å². The molecule has 1 rings (SSSR count). The van der Waals surface area contributed by atoms with Crippen molar-refractivity contribution in [2.45, 2.75) is 25.7 Å². The van der Waals surface area contributed by atoms with Crippen molar-refractivity contribution in [3.8, 4) is 0 Å². The van der Waals surface area contributed by atoms with Gasteiger partial charge in [0.15, 0.2) is 0 Å². The molecular weight excluding hydrogens is 168 g/mol. The van der Waals surface area contributed by atoms with Crippen LogP contribution in [0.25, 0.3) is 0 Å². The predicted octanol–water partition coefficient (Wildman–Crippen LogP) is 1.17. The molecule has 12 heavy (non-hydrogen) atoms. The monoisotopic (exact) mass is 179 g/mol. The van der Waals surface area contributed by atoms with Crippen LogP contribution in [0.2, 0.25) is 0 Å². The third-order valence-electron chi connectivity index (χ3n) is 2.34. The Kier molecular flexibility index (Phi) is 2.97. The van der Waals surface area contributed by atoms with E-state index in [0.29, 0.717) is 19.3 Å². The van der Waals surface area contributed by atoms with Gasteiger partial charge in [0.25, 0.3) is 0 Å². The van der Waals surface area contributed by atoms with Gasteiger partial charge in [-0.2, -0.15) is 0 Å². The molecule has 2 N–H and O–H groups in total. The standard InChI is InChI=1S/C7H11F2NO2/c8-6(9)4-2-1-3-5(4)7(11)10-12/h4-6,12H,1-3H2,(H,10,11). The van der Waals surface area contributed by atoms with Crippen LogP contribution in [0.3, 0.4) is 0 Å². The second-order valence-corrected chi connectivity index (χ2v) is 3.01. The normalized spacial score (nSPS) is 29.3. The second-order valence-electron chi connectivity index (χ2n) is 3.01. The van der Waals surface area contributed by atoms with Gasteiger partial charge in [0.2, 0.25) is 12.3 Å². The Hall–Kier alpha value is -0.710. The maximum atomic E-state index is 12.2. The Morgan fingerprint density at radius 3 is 2.67 bits per heavy atom. The van der Waals surface area contributed by atoms with E-state index in [1.54, 1.807) is 0 Å². The summed E-state index contributed by atoms with van der Waals surface area (Å²) in [6.07, 6.45) is -1.01. The fraction of sp³-hybridized carbons (Fsp3) is 0.857. The molecule has 3 nitrogen and oxygen atoms in total. The van der Waals surface area contributed by atoms with Crippen molar-refractivity contribution in [3.63, 3.8) is 0 Å². The molecule has 1 saturated carbocycles. The van der Waals surface area contributed by atoms with E-state index in [1.807, 2.05) is 0 Å². The average Bonchev–Trinajstić information content (AvgIpc) is 2.50. The van der Waals surface area contributed by atoms with Crippen LogP contribution in [0.1, 0.15) is 19.3 Å². The van der Waals surface area contributed by atoms with Crippen LogP contribution in [-0.4, -0.2) is 17.5 Å². The topological polar surface area (TPSA) is 49.3 Å². The maximum Gasteiger partial charge on any atom is 0.246 e. The molecule has 0 heterocycles. The zero-order valence-corrected chi connectivity index (χ0v) is 6.46. The maximum absolute atomic E-state index is 12.2. The molecule has 1 amide bonds. The van der Waals surface area contributed by atoms with Crippen molar-refractivity contribution in [2.75, 3.05) is 0 Å². The summed E-state index contributed by atoms with van der Waals surface area (Å²) >= 11 is 0. The van der Waals surface area contributed by atoms with E-state index < -0.39 is 24.2 Å². The molecule has 2 unspecified atom stereocenters. The minimum atomic E-state index is -2.46. The Morgan fingerprint density at radius 2 is 2.17 bits per heavy atom. The molecule has 1 aliphatic carbocycles. The Bertz CT molecular complexity index is 175. The smallest absolute Gasteiger partial charge is 0.246 e. The summed E-state index contributed by atoms with van der Waals surface area (Å²) in [7, 11) is 0. The molecule has 0 spiro atoms. The van der Waals surface area contributed by atoms with Gasteiger partial charge in [-0.25, -0.2) is 14.3 Å². The molecule has 0 saturated heterocycles. The zero-order chi connectivity index (χ0) is 9.14. The van der Waals surface area contributed by atoms with Gasteiger partial charge in [0.05, 0.1) is 0 Å². The van der Waals surface area contributed by atoms with Gasteiger partial charge >= 0.3 is 0 Å². The molecule has 70 valence electrons. The number of rotatable bonds is 2. The van der Waals surface area contributed by atoms with Crippen molar-refractivity contribution in [1.82, 2.24) is 5.48 Å². The van der Waals surface area contributed by atoms with Crippen molar-refractivity contribution >= 4 is 5.91 Å². The third kappa shape index (κ3) is 1.72. The van der Waals surface area contributed by atoms with Gasteiger partial charge in [-0.05, 0) is 12.8 Å². The second kappa shape index (κ2) is 3.80. The fourth-order valence-electron chi connectivity index (χ4n) is 1.70. The Labute approximate surface area is 68.7 Å². The first-order chi connectivity index (χ1) is 5.66. The molecule has 5 heteroatoms. The van der Waals surface area contributed by atoms with Crippen LogP contribution in [0.4, 0.5) is 8.78 Å².